The van der Waals surface area contributed by atoms with E-state index in [1.165, 1.54) is 0 Å². The van der Waals surface area contributed by atoms with E-state index in [9.17, 15) is 4.79 Å². The van der Waals surface area contributed by atoms with Crippen molar-refractivity contribution < 1.29 is 14.3 Å². The fourth-order valence-electron chi connectivity index (χ4n) is 2.75. The Hall–Kier alpha value is -2.29. The normalized spacial score (nSPS) is 16.6. The minimum absolute atomic E-state index is 0.216. The Bertz CT molecular complexity index is 719. The minimum Gasteiger partial charge on any atom is -0.492 e. The number of hydrogen-bond donors (Lipinski definition) is 0. The highest BCUT2D eigenvalue weighted by molar-refractivity contribution is 5.77. The molecule has 0 saturated heterocycles. The second kappa shape index (κ2) is 5.84. The van der Waals surface area contributed by atoms with Crippen LogP contribution in [0.5, 0.6) is 11.5 Å². The molecule has 0 radical (unpaired) electrons. The maximum absolute atomic E-state index is 12.5. The van der Waals surface area contributed by atoms with Crippen LogP contribution in [0.2, 0.25) is 0 Å². The Morgan fingerprint density at radius 1 is 1.09 bits per heavy atom. The van der Waals surface area contributed by atoms with E-state index >= 15 is 0 Å². The number of aryl methyl sites for hydroxylation is 2. The molecule has 2 aromatic carbocycles. The fraction of sp³-hybridized carbons (Fsp3) is 0.316. The van der Waals surface area contributed by atoms with Crippen LogP contribution in [-0.4, -0.2) is 12.6 Å². The number of fused-ring (bicyclic) bond motifs is 1. The average Bonchev–Trinajstić information content (AvgIpc) is 2.54. The Morgan fingerprint density at radius 3 is 2.64 bits per heavy atom. The van der Waals surface area contributed by atoms with Crippen LogP contribution >= 0.6 is 0 Å². The lowest BCUT2D eigenvalue weighted by Gasteiger charge is -2.24. The van der Waals surface area contributed by atoms with Crippen molar-refractivity contribution in [2.75, 3.05) is 6.61 Å². The molecular formula is C19H20O3. The molecule has 1 heterocycles. The number of carbonyl (C=O) groups is 1. The Balaban J connectivity index is 1.78. The van der Waals surface area contributed by atoms with Gasteiger partial charge in [-0.25, -0.2) is 0 Å². The molecule has 0 saturated carbocycles. The second-order valence-electron chi connectivity index (χ2n) is 5.89. The van der Waals surface area contributed by atoms with E-state index in [2.05, 4.69) is 0 Å². The summed E-state index contributed by atoms with van der Waals surface area (Å²) in [6, 6.07) is 11.9. The predicted molar refractivity (Wildman–Crippen MR) is 85.4 cm³/mol. The van der Waals surface area contributed by atoms with Crippen molar-refractivity contribution >= 4 is 5.97 Å². The van der Waals surface area contributed by atoms with Crippen LogP contribution < -0.4 is 9.47 Å². The summed E-state index contributed by atoms with van der Waals surface area (Å²) >= 11 is 0. The van der Waals surface area contributed by atoms with Gasteiger partial charge in [0.25, 0.3) is 0 Å². The number of hydrogen-bond acceptors (Lipinski definition) is 3. The SMILES string of the molecule is Cc1ccc(C)c(OC(=O)C2COc3ccccc3C2)c1C. The molecule has 0 aliphatic carbocycles. The van der Waals surface area contributed by atoms with Gasteiger partial charge >= 0.3 is 5.97 Å². The van der Waals surface area contributed by atoms with E-state index in [4.69, 9.17) is 9.47 Å². The third-order valence-corrected chi connectivity index (χ3v) is 4.29. The van der Waals surface area contributed by atoms with Crippen molar-refractivity contribution in [1.29, 1.82) is 0 Å². The van der Waals surface area contributed by atoms with Crippen molar-refractivity contribution in [3.63, 3.8) is 0 Å². The van der Waals surface area contributed by atoms with Gasteiger partial charge in [0.1, 0.15) is 18.1 Å². The monoisotopic (exact) mass is 296 g/mol. The van der Waals surface area contributed by atoms with E-state index in [1.54, 1.807) is 0 Å². The predicted octanol–water partition coefficient (Wildman–Crippen LogP) is 3.77. The first-order valence-electron chi connectivity index (χ1n) is 7.55. The van der Waals surface area contributed by atoms with Crippen LogP contribution in [0.15, 0.2) is 36.4 Å². The van der Waals surface area contributed by atoms with E-state index in [-0.39, 0.29) is 11.9 Å². The van der Waals surface area contributed by atoms with Gasteiger partial charge in [0.15, 0.2) is 0 Å². The molecule has 0 spiro atoms. The van der Waals surface area contributed by atoms with Crippen LogP contribution in [0, 0.1) is 26.7 Å². The number of esters is 1. The molecule has 2 aromatic rings. The molecule has 1 aliphatic heterocycles. The van der Waals surface area contributed by atoms with Crippen LogP contribution in [0.4, 0.5) is 0 Å². The highest BCUT2D eigenvalue weighted by atomic mass is 16.5. The lowest BCUT2D eigenvalue weighted by Crippen LogP contribution is -2.31. The van der Waals surface area contributed by atoms with Crippen LogP contribution in [0.1, 0.15) is 22.3 Å². The standard InChI is InChI=1S/C19H20O3/c1-12-8-9-13(2)18(14(12)3)22-19(20)16-10-15-6-4-5-7-17(15)21-11-16/h4-9,16H,10-11H2,1-3H3. The molecule has 0 N–H and O–H groups in total. The van der Waals surface area contributed by atoms with Gasteiger partial charge in [0.05, 0.1) is 5.92 Å². The maximum atomic E-state index is 12.5. The number of rotatable bonds is 2. The summed E-state index contributed by atoms with van der Waals surface area (Å²) in [4.78, 5) is 12.5. The third kappa shape index (κ3) is 2.71. The van der Waals surface area contributed by atoms with Gasteiger partial charge in [0.2, 0.25) is 0 Å². The fourth-order valence-corrected chi connectivity index (χ4v) is 2.75. The number of para-hydroxylation sites is 1. The minimum atomic E-state index is -0.255. The van der Waals surface area contributed by atoms with Gasteiger partial charge in [-0.3, -0.25) is 4.79 Å². The largest absolute Gasteiger partial charge is 0.492 e. The second-order valence-corrected chi connectivity index (χ2v) is 5.89. The molecule has 0 bridgehead atoms. The highest BCUT2D eigenvalue weighted by Crippen LogP contribution is 2.30. The van der Waals surface area contributed by atoms with Gasteiger partial charge in [-0.1, -0.05) is 30.3 Å². The first-order valence-corrected chi connectivity index (χ1v) is 7.55. The molecule has 1 atom stereocenters. The zero-order valence-corrected chi connectivity index (χ0v) is 13.2. The quantitative estimate of drug-likeness (QED) is 0.625. The summed E-state index contributed by atoms with van der Waals surface area (Å²) in [6.07, 6.45) is 0.666. The lowest BCUT2D eigenvalue weighted by atomic mass is 9.97. The molecule has 0 aromatic heterocycles. The summed E-state index contributed by atoms with van der Waals surface area (Å²) < 4.78 is 11.4. The van der Waals surface area contributed by atoms with E-state index in [1.807, 2.05) is 57.2 Å². The van der Waals surface area contributed by atoms with Gasteiger partial charge < -0.3 is 9.47 Å². The van der Waals surface area contributed by atoms with Crippen molar-refractivity contribution in [2.45, 2.75) is 27.2 Å². The van der Waals surface area contributed by atoms with Crippen LogP contribution in [0.25, 0.3) is 0 Å². The van der Waals surface area contributed by atoms with Gasteiger partial charge in [0, 0.05) is 0 Å². The number of carbonyl (C=O) groups excluding carboxylic acids is 1. The number of benzene rings is 2. The number of ether oxygens (including phenoxy) is 2. The molecule has 3 heteroatoms. The maximum Gasteiger partial charge on any atom is 0.318 e. The Kier molecular flexibility index (Phi) is 3.88. The van der Waals surface area contributed by atoms with Gasteiger partial charge in [-0.2, -0.15) is 0 Å². The third-order valence-electron chi connectivity index (χ3n) is 4.29. The van der Waals surface area contributed by atoms with E-state index in [0.717, 1.165) is 28.0 Å². The first kappa shape index (κ1) is 14.6. The molecule has 3 nitrogen and oxygen atoms in total. The molecule has 1 aliphatic rings. The molecular weight excluding hydrogens is 276 g/mol. The van der Waals surface area contributed by atoms with Crippen molar-refractivity contribution in [2.24, 2.45) is 5.92 Å². The molecule has 0 amide bonds. The summed E-state index contributed by atoms with van der Waals surface area (Å²) in [7, 11) is 0. The molecule has 114 valence electrons. The van der Waals surface area contributed by atoms with Crippen LogP contribution in [-0.2, 0) is 11.2 Å². The van der Waals surface area contributed by atoms with Crippen molar-refractivity contribution in [3.8, 4) is 11.5 Å². The lowest BCUT2D eigenvalue weighted by molar-refractivity contribution is -0.140. The first-order chi connectivity index (χ1) is 10.6. The Morgan fingerprint density at radius 2 is 1.82 bits per heavy atom. The van der Waals surface area contributed by atoms with Crippen molar-refractivity contribution in [3.05, 3.63) is 58.7 Å². The summed E-state index contributed by atoms with van der Waals surface area (Å²) in [6.45, 7) is 6.34. The topological polar surface area (TPSA) is 35.5 Å². The summed E-state index contributed by atoms with van der Waals surface area (Å²) in [5, 5.41) is 0. The average molecular weight is 296 g/mol. The zero-order valence-electron chi connectivity index (χ0n) is 13.2. The van der Waals surface area contributed by atoms with Crippen molar-refractivity contribution in [1.82, 2.24) is 0 Å². The van der Waals surface area contributed by atoms with Crippen LogP contribution in [0.3, 0.4) is 0 Å². The summed E-state index contributed by atoms with van der Waals surface area (Å²) in [5.41, 5.74) is 4.19. The highest BCUT2D eigenvalue weighted by Gasteiger charge is 2.28. The smallest absolute Gasteiger partial charge is 0.318 e. The molecule has 0 fully saturated rings. The van der Waals surface area contributed by atoms with Gasteiger partial charge in [-0.05, 0) is 55.5 Å². The Labute approximate surface area is 130 Å². The molecule has 1 unspecified atom stereocenters. The van der Waals surface area contributed by atoms with Gasteiger partial charge in [-0.15, -0.1) is 0 Å². The van der Waals surface area contributed by atoms with E-state index in [0.29, 0.717) is 18.8 Å². The summed E-state index contributed by atoms with van der Waals surface area (Å²) in [5.74, 6) is 1.08. The zero-order chi connectivity index (χ0) is 15.7. The molecule has 22 heavy (non-hydrogen) atoms. The van der Waals surface area contributed by atoms with E-state index < -0.39 is 0 Å². The molecule has 3 rings (SSSR count).